The highest BCUT2D eigenvalue weighted by Crippen LogP contribution is 2.23. The molecule has 0 unspecified atom stereocenters. The van der Waals surface area contributed by atoms with Crippen molar-refractivity contribution in [2.24, 2.45) is 0 Å². The Morgan fingerprint density at radius 2 is 1.72 bits per heavy atom. The molecule has 2 aromatic rings. The van der Waals surface area contributed by atoms with Crippen LogP contribution in [-0.2, 0) is 24.2 Å². The lowest BCUT2D eigenvalue weighted by atomic mass is 10.1. The molecule has 1 fully saturated rings. The molecule has 2 aromatic carbocycles. The van der Waals surface area contributed by atoms with Gasteiger partial charge in [-0.2, -0.15) is 0 Å². The third-order valence-corrected chi connectivity index (χ3v) is 7.25. The number of carbonyl (C=O) groups is 1. The van der Waals surface area contributed by atoms with Crippen molar-refractivity contribution in [1.29, 1.82) is 0 Å². The van der Waals surface area contributed by atoms with E-state index in [1.54, 1.807) is 56.3 Å². The number of hydrogen-bond donors (Lipinski definition) is 2. The smallest absolute Gasteiger partial charge is 0.251 e. The van der Waals surface area contributed by atoms with E-state index in [0.29, 0.717) is 16.6 Å². The minimum Gasteiger partial charge on any atom is -0.372 e. The Labute approximate surface area is 196 Å². The molecule has 0 aromatic heterocycles. The normalized spacial score (nSPS) is 21.3. The van der Waals surface area contributed by atoms with Gasteiger partial charge < -0.3 is 19.5 Å². The zero-order valence-corrected chi connectivity index (χ0v) is 20.3. The molecule has 1 aliphatic rings. The van der Waals surface area contributed by atoms with Crippen molar-refractivity contribution in [3.05, 3.63) is 64.6 Å². The van der Waals surface area contributed by atoms with E-state index in [1.807, 2.05) is 6.07 Å². The van der Waals surface area contributed by atoms with Crippen molar-refractivity contribution in [1.82, 2.24) is 10.0 Å². The summed E-state index contributed by atoms with van der Waals surface area (Å²) in [6.45, 7) is 4.17. The largest absolute Gasteiger partial charge is 0.372 e. The zero-order valence-electron chi connectivity index (χ0n) is 17.9. The summed E-state index contributed by atoms with van der Waals surface area (Å²) in [5.41, 5.74) is 0.515. The van der Waals surface area contributed by atoms with Crippen LogP contribution in [0.1, 0.15) is 24.2 Å². The summed E-state index contributed by atoms with van der Waals surface area (Å²) in [5.74, 6) is -1.19. The van der Waals surface area contributed by atoms with Gasteiger partial charge in [0, 0.05) is 23.1 Å². The lowest BCUT2D eigenvalue weighted by Crippen LogP contribution is -2.52. The first-order valence-electron chi connectivity index (χ1n) is 10.2. The highest BCUT2D eigenvalue weighted by Gasteiger charge is 2.34. The first-order valence-corrected chi connectivity index (χ1v) is 12.5. The lowest BCUT2D eigenvalue weighted by molar-refractivity contribution is -0.277. The fourth-order valence-electron chi connectivity index (χ4n) is 3.25. The van der Waals surface area contributed by atoms with Crippen molar-refractivity contribution in [2.75, 3.05) is 26.3 Å². The summed E-state index contributed by atoms with van der Waals surface area (Å²) in [7, 11) is -3.79. The number of nitrogens with one attached hydrogen (secondary N) is 2. The number of rotatable bonds is 7. The van der Waals surface area contributed by atoms with Crippen LogP contribution in [0, 0.1) is 0 Å². The molecule has 0 saturated carbocycles. The van der Waals surface area contributed by atoms with Crippen LogP contribution in [0.3, 0.4) is 0 Å². The lowest BCUT2D eigenvalue weighted by Gasteiger charge is -2.37. The average molecular weight is 527 g/mol. The third kappa shape index (κ3) is 6.84. The van der Waals surface area contributed by atoms with Crippen LogP contribution in [-0.4, -0.2) is 58.6 Å². The molecule has 0 bridgehead atoms. The fourth-order valence-corrected chi connectivity index (χ4v) is 5.30. The Hall–Kier alpha value is -1.82. The maximum atomic E-state index is 12.8. The number of benzene rings is 2. The van der Waals surface area contributed by atoms with Crippen molar-refractivity contribution in [2.45, 2.75) is 36.7 Å². The Bertz CT molecular complexity index is 1020. The highest BCUT2D eigenvalue weighted by atomic mass is 79.9. The molecule has 0 aliphatic carbocycles. The topological polar surface area (TPSA) is 103 Å². The van der Waals surface area contributed by atoms with Crippen LogP contribution in [0.4, 0.5) is 0 Å². The maximum Gasteiger partial charge on any atom is 0.251 e. The van der Waals surface area contributed by atoms with E-state index >= 15 is 0 Å². The summed E-state index contributed by atoms with van der Waals surface area (Å²) in [6, 6.07) is 15.4. The molecule has 174 valence electrons. The number of amides is 1. The number of ether oxygens (including phenoxy) is 3. The quantitative estimate of drug-likeness (QED) is 0.574. The predicted octanol–water partition coefficient (Wildman–Crippen LogP) is 2.69. The van der Waals surface area contributed by atoms with Crippen LogP contribution in [0.25, 0.3) is 0 Å². The van der Waals surface area contributed by atoms with Gasteiger partial charge in [-0.15, -0.1) is 0 Å². The Balaban J connectivity index is 1.72. The van der Waals surface area contributed by atoms with Crippen LogP contribution >= 0.6 is 15.9 Å². The summed E-state index contributed by atoms with van der Waals surface area (Å²) in [5, 5.41) is 2.84. The van der Waals surface area contributed by atoms with Gasteiger partial charge in [-0.25, -0.2) is 13.1 Å². The molecule has 1 amide bonds. The van der Waals surface area contributed by atoms with Gasteiger partial charge in [0.25, 0.3) is 5.91 Å². The van der Waals surface area contributed by atoms with Crippen LogP contribution in [0.5, 0.6) is 0 Å². The minimum absolute atomic E-state index is 0.0361. The van der Waals surface area contributed by atoms with Crippen LogP contribution in [0.15, 0.2) is 64.0 Å². The van der Waals surface area contributed by atoms with Gasteiger partial charge in [0.1, 0.15) is 6.10 Å². The Morgan fingerprint density at radius 3 is 2.44 bits per heavy atom. The van der Waals surface area contributed by atoms with Crippen molar-refractivity contribution >= 4 is 31.9 Å². The van der Waals surface area contributed by atoms with Gasteiger partial charge in [0.05, 0.1) is 24.2 Å². The summed E-state index contributed by atoms with van der Waals surface area (Å²) in [4.78, 5) is 12.6. The molecule has 2 N–H and O–H groups in total. The van der Waals surface area contributed by atoms with Gasteiger partial charge in [0.2, 0.25) is 10.0 Å². The molecule has 1 saturated heterocycles. The molecule has 10 heteroatoms. The van der Waals surface area contributed by atoms with Crippen LogP contribution < -0.4 is 10.0 Å². The molecular weight excluding hydrogens is 500 g/mol. The minimum atomic E-state index is -3.79. The molecule has 3 rings (SSSR count). The number of hydrogen-bond acceptors (Lipinski definition) is 6. The van der Waals surface area contributed by atoms with E-state index in [4.69, 9.17) is 14.2 Å². The molecule has 8 nitrogen and oxygen atoms in total. The Kier molecular flexibility index (Phi) is 8.43. The number of carbonyl (C=O) groups excluding carboxylic acids is 1. The van der Waals surface area contributed by atoms with E-state index < -0.39 is 28.0 Å². The van der Waals surface area contributed by atoms with Crippen molar-refractivity contribution < 1.29 is 27.4 Å². The van der Waals surface area contributed by atoms with Gasteiger partial charge >= 0.3 is 0 Å². The van der Waals surface area contributed by atoms with Gasteiger partial charge in [-0.1, -0.05) is 30.3 Å². The second-order valence-electron chi connectivity index (χ2n) is 7.67. The first kappa shape index (κ1) is 24.8. The van der Waals surface area contributed by atoms with Crippen LogP contribution in [0.2, 0.25) is 0 Å². The van der Waals surface area contributed by atoms with E-state index in [9.17, 15) is 13.2 Å². The molecule has 0 spiro atoms. The summed E-state index contributed by atoms with van der Waals surface area (Å²) < 4.78 is 46.2. The maximum absolute atomic E-state index is 12.8. The molecule has 1 aliphatic heterocycles. The van der Waals surface area contributed by atoms with E-state index in [1.165, 1.54) is 6.07 Å². The average Bonchev–Trinajstić information content (AvgIpc) is 2.75. The second kappa shape index (κ2) is 10.9. The molecular formula is C22H27BrN2O6S. The van der Waals surface area contributed by atoms with E-state index in [2.05, 4.69) is 26.0 Å². The van der Waals surface area contributed by atoms with E-state index in [-0.39, 0.29) is 30.5 Å². The highest BCUT2D eigenvalue weighted by molar-refractivity contribution is 9.10. The number of halogens is 1. The number of sulfonamides is 1. The molecule has 0 radical (unpaired) electrons. The fraction of sp³-hybridized carbons (Fsp3) is 0.409. The first-order chi connectivity index (χ1) is 15.2. The zero-order chi connectivity index (χ0) is 23.2. The Morgan fingerprint density at radius 1 is 1.03 bits per heavy atom. The standard InChI is InChI=1S/C22H27BrN2O6S/c1-22(2)30-13-12-29-18(15-25-32(27,28)20-11-7-6-10-17(20)23)19(31-22)14-24-21(26)16-8-4-3-5-9-16/h3-11,18-19,25H,12-15H2,1-2H3,(H,24,26)/t18-,19+/m1/s1. The molecule has 2 atom stereocenters. The van der Waals surface area contributed by atoms with Gasteiger partial charge in [0.15, 0.2) is 5.79 Å². The van der Waals surface area contributed by atoms with Gasteiger partial charge in [-0.3, -0.25) is 4.79 Å². The monoisotopic (exact) mass is 526 g/mol. The summed E-state index contributed by atoms with van der Waals surface area (Å²) in [6.07, 6.45) is -1.30. The predicted molar refractivity (Wildman–Crippen MR) is 123 cm³/mol. The SMILES string of the molecule is CC1(C)OCCO[C@H](CNS(=O)(=O)c2ccccc2Br)[C@H](CNC(=O)c2ccccc2)O1. The van der Waals surface area contributed by atoms with Gasteiger partial charge in [-0.05, 0) is 54.0 Å². The summed E-state index contributed by atoms with van der Waals surface area (Å²) >= 11 is 3.27. The van der Waals surface area contributed by atoms with Crippen molar-refractivity contribution in [3.63, 3.8) is 0 Å². The van der Waals surface area contributed by atoms with Crippen molar-refractivity contribution in [3.8, 4) is 0 Å². The van der Waals surface area contributed by atoms with E-state index in [0.717, 1.165) is 0 Å². The molecule has 32 heavy (non-hydrogen) atoms. The second-order valence-corrected chi connectivity index (χ2v) is 10.3. The third-order valence-electron chi connectivity index (χ3n) is 4.82. The molecule has 1 heterocycles.